The van der Waals surface area contributed by atoms with Crippen LogP contribution in [-0.4, -0.2) is 9.97 Å². The van der Waals surface area contributed by atoms with Gasteiger partial charge < -0.3 is 5.73 Å². The highest BCUT2D eigenvalue weighted by Crippen LogP contribution is 2.37. The summed E-state index contributed by atoms with van der Waals surface area (Å²) in [4.78, 5) is 9.45. The van der Waals surface area contributed by atoms with E-state index in [9.17, 15) is 0 Å². The molecule has 0 unspecified atom stereocenters. The average molecular weight is 283 g/mol. The lowest BCUT2D eigenvalue weighted by atomic mass is 9.75. The number of aromatic nitrogens is 2. The van der Waals surface area contributed by atoms with Gasteiger partial charge in [0, 0.05) is 23.5 Å². The molecule has 0 aliphatic rings. The Morgan fingerprint density at radius 3 is 2.24 bits per heavy atom. The predicted molar refractivity (Wildman–Crippen MR) is 87.2 cm³/mol. The van der Waals surface area contributed by atoms with E-state index in [2.05, 4.69) is 43.1 Å². The van der Waals surface area contributed by atoms with E-state index in [4.69, 9.17) is 10.7 Å². The number of hydrogen-bond donors (Lipinski definition) is 1. The third-order valence-electron chi connectivity index (χ3n) is 4.47. The molecule has 2 rings (SSSR count). The minimum absolute atomic E-state index is 0.0339. The van der Waals surface area contributed by atoms with Crippen LogP contribution in [0.2, 0.25) is 0 Å². The highest BCUT2D eigenvalue weighted by molar-refractivity contribution is 5.34. The van der Waals surface area contributed by atoms with E-state index in [1.54, 1.807) is 0 Å². The van der Waals surface area contributed by atoms with Crippen molar-refractivity contribution in [3.8, 4) is 0 Å². The smallest absolute Gasteiger partial charge is 0.139 e. The molecular weight excluding hydrogens is 258 g/mol. The van der Waals surface area contributed by atoms with Gasteiger partial charge in [-0.05, 0) is 32.3 Å². The maximum Gasteiger partial charge on any atom is 0.139 e. The van der Waals surface area contributed by atoms with Crippen LogP contribution in [0.15, 0.2) is 36.5 Å². The Labute approximate surface area is 127 Å². The normalized spacial score (nSPS) is 13.2. The second-order valence-corrected chi connectivity index (χ2v) is 5.68. The quantitative estimate of drug-likeness (QED) is 0.905. The third-order valence-corrected chi connectivity index (χ3v) is 4.47. The summed E-state index contributed by atoms with van der Waals surface area (Å²) in [5, 5.41) is 0. The molecule has 0 saturated heterocycles. The zero-order valence-corrected chi connectivity index (χ0v) is 13.4. The van der Waals surface area contributed by atoms with Crippen LogP contribution >= 0.6 is 0 Å². The molecule has 3 nitrogen and oxygen atoms in total. The predicted octanol–water partition coefficient (Wildman–Crippen LogP) is 3.91. The molecule has 0 saturated carbocycles. The Bertz CT molecular complexity index is 587. The summed E-state index contributed by atoms with van der Waals surface area (Å²) in [7, 11) is 0. The number of aryl methyl sites for hydroxylation is 1. The van der Waals surface area contributed by atoms with Crippen LogP contribution in [0.5, 0.6) is 0 Å². The summed E-state index contributed by atoms with van der Waals surface area (Å²) in [6, 6.07) is 10.5. The van der Waals surface area contributed by atoms with Crippen LogP contribution in [0.25, 0.3) is 0 Å². The van der Waals surface area contributed by atoms with Crippen molar-refractivity contribution in [3.63, 3.8) is 0 Å². The van der Waals surface area contributed by atoms with Gasteiger partial charge in [-0.2, -0.15) is 0 Å². The van der Waals surface area contributed by atoms with Crippen LogP contribution in [0.1, 0.15) is 62.3 Å². The zero-order valence-electron chi connectivity index (χ0n) is 13.4. The van der Waals surface area contributed by atoms with Crippen molar-refractivity contribution in [1.82, 2.24) is 9.97 Å². The van der Waals surface area contributed by atoms with E-state index in [0.29, 0.717) is 0 Å². The maximum absolute atomic E-state index is 5.97. The van der Waals surface area contributed by atoms with Crippen molar-refractivity contribution in [3.05, 3.63) is 59.2 Å². The van der Waals surface area contributed by atoms with Crippen LogP contribution in [-0.2, 0) is 5.41 Å². The SMILES string of the molecule is CCC(CC)(c1ccccc1)c1ncc([C@@H](C)N)c(C)n1. The summed E-state index contributed by atoms with van der Waals surface area (Å²) in [5.74, 6) is 0.903. The van der Waals surface area contributed by atoms with Crippen LogP contribution in [0.4, 0.5) is 0 Å². The average Bonchev–Trinajstić information content (AvgIpc) is 2.50. The van der Waals surface area contributed by atoms with E-state index < -0.39 is 0 Å². The van der Waals surface area contributed by atoms with Crippen LogP contribution in [0.3, 0.4) is 0 Å². The minimum atomic E-state index is -0.123. The molecular formula is C18H25N3. The van der Waals surface area contributed by atoms with E-state index in [1.165, 1.54) is 5.56 Å². The molecule has 2 aromatic rings. The van der Waals surface area contributed by atoms with Gasteiger partial charge in [-0.1, -0.05) is 44.2 Å². The monoisotopic (exact) mass is 283 g/mol. The molecule has 1 atom stereocenters. The van der Waals surface area contributed by atoms with E-state index in [0.717, 1.165) is 29.9 Å². The Morgan fingerprint density at radius 2 is 1.76 bits per heavy atom. The number of nitrogens with zero attached hydrogens (tertiary/aromatic N) is 2. The van der Waals surface area contributed by atoms with Crippen molar-refractivity contribution in [1.29, 1.82) is 0 Å². The topological polar surface area (TPSA) is 51.8 Å². The van der Waals surface area contributed by atoms with Gasteiger partial charge in [-0.15, -0.1) is 0 Å². The number of hydrogen-bond acceptors (Lipinski definition) is 3. The fourth-order valence-electron chi connectivity index (χ4n) is 3.01. The fourth-order valence-corrected chi connectivity index (χ4v) is 3.01. The summed E-state index contributed by atoms with van der Waals surface area (Å²) in [6.07, 6.45) is 3.85. The molecule has 0 aliphatic heterocycles. The summed E-state index contributed by atoms with van der Waals surface area (Å²) < 4.78 is 0. The van der Waals surface area contributed by atoms with Crippen molar-refractivity contribution >= 4 is 0 Å². The van der Waals surface area contributed by atoms with Crippen molar-refractivity contribution in [2.75, 3.05) is 0 Å². The first-order valence-electron chi connectivity index (χ1n) is 7.70. The summed E-state index contributed by atoms with van der Waals surface area (Å²) in [5.41, 5.74) is 9.13. The van der Waals surface area contributed by atoms with Crippen molar-refractivity contribution < 1.29 is 0 Å². The second-order valence-electron chi connectivity index (χ2n) is 5.68. The number of benzene rings is 1. The molecule has 0 bridgehead atoms. The van der Waals surface area contributed by atoms with Gasteiger partial charge in [-0.25, -0.2) is 9.97 Å². The largest absolute Gasteiger partial charge is 0.324 e. The molecule has 1 heterocycles. The Balaban J connectivity index is 2.56. The first kappa shape index (κ1) is 15.6. The summed E-state index contributed by atoms with van der Waals surface area (Å²) >= 11 is 0. The molecule has 0 fully saturated rings. The highest BCUT2D eigenvalue weighted by Gasteiger charge is 2.33. The molecule has 3 heteroatoms. The second kappa shape index (κ2) is 6.35. The van der Waals surface area contributed by atoms with Crippen LogP contribution < -0.4 is 5.73 Å². The molecule has 1 aromatic heterocycles. The van der Waals surface area contributed by atoms with Crippen LogP contribution in [0, 0.1) is 6.92 Å². The number of nitrogens with two attached hydrogens (primary N) is 1. The third kappa shape index (κ3) is 2.84. The maximum atomic E-state index is 5.97. The number of rotatable bonds is 5. The van der Waals surface area contributed by atoms with E-state index >= 15 is 0 Å². The minimum Gasteiger partial charge on any atom is -0.324 e. The summed E-state index contributed by atoms with van der Waals surface area (Å²) in [6.45, 7) is 8.39. The lowest BCUT2D eigenvalue weighted by Crippen LogP contribution is -2.29. The Kier molecular flexibility index (Phi) is 4.73. The molecule has 0 amide bonds. The first-order chi connectivity index (χ1) is 10.0. The molecule has 2 N–H and O–H groups in total. The molecule has 21 heavy (non-hydrogen) atoms. The standard InChI is InChI=1S/C18H25N3/c1-5-18(6-2,15-10-8-7-9-11-15)17-20-12-16(13(3)19)14(4)21-17/h7-13H,5-6,19H2,1-4H3/t13-/m1/s1. The molecule has 0 spiro atoms. The molecule has 1 aromatic carbocycles. The first-order valence-corrected chi connectivity index (χ1v) is 7.70. The van der Waals surface area contributed by atoms with Gasteiger partial charge in [0.05, 0.1) is 5.41 Å². The highest BCUT2D eigenvalue weighted by atomic mass is 14.9. The van der Waals surface area contributed by atoms with Crippen molar-refractivity contribution in [2.45, 2.75) is 52.0 Å². The Morgan fingerprint density at radius 1 is 1.14 bits per heavy atom. The molecule has 112 valence electrons. The molecule has 0 aliphatic carbocycles. The van der Waals surface area contributed by atoms with Gasteiger partial charge in [0.1, 0.15) is 5.82 Å². The Hall–Kier alpha value is -1.74. The van der Waals surface area contributed by atoms with Crippen molar-refractivity contribution in [2.24, 2.45) is 5.73 Å². The fraction of sp³-hybridized carbons (Fsp3) is 0.444. The van der Waals surface area contributed by atoms with Gasteiger partial charge in [0.2, 0.25) is 0 Å². The van der Waals surface area contributed by atoms with Gasteiger partial charge in [-0.3, -0.25) is 0 Å². The van der Waals surface area contributed by atoms with Gasteiger partial charge in [0.15, 0.2) is 0 Å². The lowest BCUT2D eigenvalue weighted by Gasteiger charge is -2.31. The zero-order chi connectivity index (χ0) is 15.5. The van der Waals surface area contributed by atoms with Gasteiger partial charge >= 0.3 is 0 Å². The lowest BCUT2D eigenvalue weighted by molar-refractivity contribution is 0.446. The van der Waals surface area contributed by atoms with E-state index in [1.807, 2.05) is 26.1 Å². The van der Waals surface area contributed by atoms with E-state index in [-0.39, 0.29) is 11.5 Å². The van der Waals surface area contributed by atoms with Gasteiger partial charge in [0.25, 0.3) is 0 Å². The molecule has 0 radical (unpaired) electrons.